The number of methoxy groups -OCH3 is 2. The normalized spacial score (nSPS) is 31.1. The van der Waals surface area contributed by atoms with Gasteiger partial charge in [0.25, 0.3) is 0 Å². The third kappa shape index (κ3) is 8.40. The Labute approximate surface area is 303 Å². The fourth-order valence-corrected chi connectivity index (χ4v) is 8.55. The standard InChI is InChI=1S/C40H60O11/c1-13-30(41)40(10,45)35-24(6)32(48-38(51-35)31-21(3)16-20(2)17-22(31)4)23(5)19-39(9,44)34-25(7)33(26(8)36(42)43)49-37(50-34)27-14-15-28(46-11)29(18-27)47-12/h14-18,23-26,30,32-35,37-38,41,44-45H,13,19H2,1-12H3,(H,42,43)/t23?,24-,25-,26+,30+,32+,33+,34-,35-,37+,38+,39+,40+/m0/s1. The molecule has 4 rings (SSSR count). The second-order valence-corrected chi connectivity index (χ2v) is 15.4. The van der Waals surface area contributed by atoms with Crippen LogP contribution in [0.1, 0.15) is 102 Å². The lowest BCUT2D eigenvalue weighted by Crippen LogP contribution is -2.60. The molecule has 2 heterocycles. The van der Waals surface area contributed by atoms with E-state index in [2.05, 4.69) is 12.1 Å². The molecule has 2 aromatic rings. The Morgan fingerprint density at radius 3 is 1.94 bits per heavy atom. The second kappa shape index (κ2) is 16.1. The molecule has 51 heavy (non-hydrogen) atoms. The zero-order chi connectivity index (χ0) is 38.2. The summed E-state index contributed by atoms with van der Waals surface area (Å²) in [4.78, 5) is 12.3. The van der Waals surface area contributed by atoms with Crippen molar-refractivity contribution >= 4 is 5.97 Å². The SMILES string of the molecule is CC[C@@H](O)[C@@](C)(O)[C@H]1O[C@H](c2c(C)cc(C)cc2C)O[C@H](C(C)C[C@@](C)(O)[C@H]2O[C@H](c3ccc(OC)c(OC)c3)O[C@@H]([C@@H](C)C(=O)O)[C@@H]2C)[C@@H]1C. The minimum absolute atomic E-state index is 0.202. The van der Waals surface area contributed by atoms with Crippen molar-refractivity contribution in [2.45, 2.75) is 136 Å². The minimum Gasteiger partial charge on any atom is -0.493 e. The zero-order valence-electron chi connectivity index (χ0n) is 32.3. The summed E-state index contributed by atoms with van der Waals surface area (Å²) in [6.07, 6.45) is -5.26. The molecule has 2 fully saturated rings. The third-order valence-corrected chi connectivity index (χ3v) is 11.2. The smallest absolute Gasteiger partial charge is 0.308 e. The van der Waals surface area contributed by atoms with E-state index >= 15 is 0 Å². The van der Waals surface area contributed by atoms with Crippen LogP contribution in [0.15, 0.2) is 30.3 Å². The van der Waals surface area contributed by atoms with Gasteiger partial charge in [0.15, 0.2) is 24.1 Å². The van der Waals surface area contributed by atoms with E-state index in [9.17, 15) is 25.2 Å². The van der Waals surface area contributed by atoms with E-state index in [0.717, 1.165) is 22.3 Å². The molecule has 0 radical (unpaired) electrons. The predicted octanol–water partition coefficient (Wildman–Crippen LogP) is 6.19. The number of hydrogen-bond acceptors (Lipinski definition) is 10. The highest BCUT2D eigenvalue weighted by Gasteiger charge is 2.53. The molecular formula is C40H60O11. The summed E-state index contributed by atoms with van der Waals surface area (Å²) in [5.41, 5.74) is 1.47. The number of rotatable bonds is 13. The van der Waals surface area contributed by atoms with Gasteiger partial charge < -0.3 is 48.8 Å². The van der Waals surface area contributed by atoms with Crippen molar-refractivity contribution in [2.24, 2.45) is 23.7 Å². The van der Waals surface area contributed by atoms with Crippen molar-refractivity contribution in [3.05, 3.63) is 58.1 Å². The van der Waals surface area contributed by atoms with Crippen LogP contribution in [0, 0.1) is 44.4 Å². The van der Waals surface area contributed by atoms with Gasteiger partial charge in [0.1, 0.15) is 5.60 Å². The van der Waals surface area contributed by atoms with Crippen LogP contribution >= 0.6 is 0 Å². The molecule has 2 saturated heterocycles. The molecule has 0 aromatic heterocycles. The summed E-state index contributed by atoms with van der Waals surface area (Å²) in [5, 5.41) is 45.1. The van der Waals surface area contributed by atoms with Gasteiger partial charge in [0.05, 0.1) is 56.3 Å². The number of benzene rings is 2. The van der Waals surface area contributed by atoms with Crippen LogP contribution in [-0.2, 0) is 23.7 Å². The summed E-state index contributed by atoms with van der Waals surface area (Å²) < 4.78 is 37.1. The molecule has 0 amide bonds. The molecule has 2 aliphatic heterocycles. The van der Waals surface area contributed by atoms with Gasteiger partial charge in [0, 0.05) is 23.0 Å². The number of aliphatic hydroxyl groups is 3. The van der Waals surface area contributed by atoms with Gasteiger partial charge in [-0.3, -0.25) is 4.79 Å². The first kappa shape index (κ1) is 41.0. The first-order valence-corrected chi connectivity index (χ1v) is 18.1. The van der Waals surface area contributed by atoms with Crippen molar-refractivity contribution in [3.8, 4) is 11.5 Å². The fourth-order valence-electron chi connectivity index (χ4n) is 8.55. The van der Waals surface area contributed by atoms with Crippen LogP contribution in [-0.4, -0.2) is 82.3 Å². The van der Waals surface area contributed by atoms with Crippen LogP contribution in [0.4, 0.5) is 0 Å². The maximum absolute atomic E-state index is 12.4. The van der Waals surface area contributed by atoms with E-state index < -0.39 is 72.1 Å². The van der Waals surface area contributed by atoms with E-state index in [1.54, 1.807) is 39.0 Å². The number of carbonyl (C=O) groups is 1. The van der Waals surface area contributed by atoms with Crippen LogP contribution < -0.4 is 9.47 Å². The van der Waals surface area contributed by atoms with Gasteiger partial charge in [-0.1, -0.05) is 51.5 Å². The molecule has 0 aliphatic carbocycles. The lowest BCUT2D eigenvalue weighted by atomic mass is 9.73. The number of carboxylic acid groups (broad SMARTS) is 1. The quantitative estimate of drug-likeness (QED) is 0.188. The Balaban J connectivity index is 1.70. The second-order valence-electron chi connectivity index (χ2n) is 15.4. The Kier molecular flexibility index (Phi) is 12.9. The average Bonchev–Trinajstić information content (AvgIpc) is 3.06. The van der Waals surface area contributed by atoms with Crippen molar-refractivity contribution in [2.75, 3.05) is 14.2 Å². The van der Waals surface area contributed by atoms with Crippen LogP contribution in [0.2, 0.25) is 0 Å². The van der Waals surface area contributed by atoms with Gasteiger partial charge in [0.2, 0.25) is 0 Å². The van der Waals surface area contributed by atoms with Gasteiger partial charge in [-0.25, -0.2) is 0 Å². The number of aliphatic hydroxyl groups excluding tert-OH is 1. The summed E-state index contributed by atoms with van der Waals surface area (Å²) >= 11 is 0. The number of hydrogen-bond donors (Lipinski definition) is 4. The lowest BCUT2D eigenvalue weighted by molar-refractivity contribution is -0.328. The van der Waals surface area contributed by atoms with Gasteiger partial charge >= 0.3 is 5.97 Å². The highest BCUT2D eigenvalue weighted by atomic mass is 16.7. The van der Waals surface area contributed by atoms with E-state index in [1.807, 2.05) is 48.5 Å². The topological polar surface area (TPSA) is 153 Å². The highest BCUT2D eigenvalue weighted by molar-refractivity contribution is 5.70. The largest absolute Gasteiger partial charge is 0.493 e. The van der Waals surface area contributed by atoms with Crippen molar-refractivity contribution < 1.29 is 53.6 Å². The molecule has 286 valence electrons. The molecular weight excluding hydrogens is 656 g/mol. The fraction of sp³-hybridized carbons (Fsp3) is 0.675. The van der Waals surface area contributed by atoms with Crippen LogP contribution in [0.3, 0.4) is 0 Å². The molecule has 2 aliphatic rings. The lowest BCUT2D eigenvalue weighted by Gasteiger charge is -2.51. The molecule has 0 saturated carbocycles. The first-order valence-electron chi connectivity index (χ1n) is 18.1. The van der Waals surface area contributed by atoms with E-state index in [-0.39, 0.29) is 18.3 Å². The molecule has 11 heteroatoms. The maximum atomic E-state index is 12.4. The summed E-state index contributed by atoms with van der Waals surface area (Å²) in [6.45, 7) is 18.5. The third-order valence-electron chi connectivity index (χ3n) is 11.2. The molecule has 0 bridgehead atoms. The zero-order valence-corrected chi connectivity index (χ0v) is 32.3. The molecule has 11 nitrogen and oxygen atoms in total. The van der Waals surface area contributed by atoms with Crippen molar-refractivity contribution in [1.29, 1.82) is 0 Å². The summed E-state index contributed by atoms with van der Waals surface area (Å²) in [7, 11) is 3.06. The number of ether oxygens (including phenoxy) is 6. The van der Waals surface area contributed by atoms with E-state index in [0.29, 0.717) is 23.5 Å². The number of aliphatic carboxylic acids is 1. The first-order chi connectivity index (χ1) is 23.8. The summed E-state index contributed by atoms with van der Waals surface area (Å²) in [6, 6.07) is 9.35. The molecule has 13 atom stereocenters. The van der Waals surface area contributed by atoms with E-state index in [1.165, 1.54) is 14.2 Å². The Morgan fingerprint density at radius 2 is 1.39 bits per heavy atom. The molecule has 1 unspecified atom stereocenters. The Hall–Kier alpha value is -2.77. The molecule has 4 N–H and O–H groups in total. The number of aryl methyl sites for hydroxylation is 3. The van der Waals surface area contributed by atoms with Gasteiger partial charge in [-0.05, 0) is 83.6 Å². The maximum Gasteiger partial charge on any atom is 0.308 e. The monoisotopic (exact) mass is 716 g/mol. The summed E-state index contributed by atoms with van der Waals surface area (Å²) in [5.74, 6) is -2.14. The van der Waals surface area contributed by atoms with Gasteiger partial charge in [-0.2, -0.15) is 0 Å². The Bertz CT molecular complexity index is 1480. The van der Waals surface area contributed by atoms with Crippen molar-refractivity contribution in [1.82, 2.24) is 0 Å². The van der Waals surface area contributed by atoms with Crippen LogP contribution in [0.5, 0.6) is 11.5 Å². The van der Waals surface area contributed by atoms with E-state index in [4.69, 9.17) is 28.4 Å². The molecule has 2 aromatic carbocycles. The highest BCUT2D eigenvalue weighted by Crippen LogP contribution is 2.47. The predicted molar refractivity (Wildman–Crippen MR) is 192 cm³/mol. The minimum atomic E-state index is -1.59. The molecule has 0 spiro atoms. The van der Waals surface area contributed by atoms with Gasteiger partial charge in [-0.15, -0.1) is 0 Å². The van der Waals surface area contributed by atoms with Crippen molar-refractivity contribution in [3.63, 3.8) is 0 Å². The van der Waals surface area contributed by atoms with Crippen LogP contribution in [0.25, 0.3) is 0 Å². The number of carboxylic acids is 1. The Morgan fingerprint density at radius 1 is 0.843 bits per heavy atom. The average molecular weight is 717 g/mol.